The van der Waals surface area contributed by atoms with Gasteiger partial charge in [-0.2, -0.15) is 0 Å². The molecule has 0 N–H and O–H groups in total. The minimum absolute atomic E-state index is 0.900. The fraction of sp³-hybridized carbons (Fsp3) is 0.500. The molecule has 0 aliphatic heterocycles. The summed E-state index contributed by atoms with van der Waals surface area (Å²) in [5.41, 5.74) is 1.47. The SMILES string of the molecule is C(=C\C1CCCC1)/CCCc1ccccc1. The Morgan fingerprint density at radius 3 is 2.56 bits per heavy atom. The van der Waals surface area contributed by atoms with Gasteiger partial charge in [-0.05, 0) is 43.6 Å². The van der Waals surface area contributed by atoms with Crippen LogP contribution in [0.4, 0.5) is 0 Å². The normalized spacial score (nSPS) is 17.2. The van der Waals surface area contributed by atoms with Crippen LogP contribution in [0, 0.1) is 5.92 Å². The summed E-state index contributed by atoms with van der Waals surface area (Å²) < 4.78 is 0. The number of benzene rings is 1. The van der Waals surface area contributed by atoms with Crippen LogP contribution in [0.5, 0.6) is 0 Å². The summed E-state index contributed by atoms with van der Waals surface area (Å²) in [6.07, 6.45) is 14.3. The van der Waals surface area contributed by atoms with E-state index in [1.54, 1.807) is 0 Å². The lowest BCUT2D eigenvalue weighted by Gasteiger charge is -2.01. The second kappa shape index (κ2) is 6.52. The van der Waals surface area contributed by atoms with Crippen LogP contribution in [0.1, 0.15) is 44.1 Å². The smallest absolute Gasteiger partial charge is 0.0234 e. The van der Waals surface area contributed by atoms with E-state index in [2.05, 4.69) is 42.5 Å². The molecule has 2 rings (SSSR count). The zero-order valence-electron chi connectivity index (χ0n) is 10.1. The molecule has 0 unspecified atom stereocenters. The molecule has 0 radical (unpaired) electrons. The molecule has 86 valence electrons. The topological polar surface area (TPSA) is 0 Å². The van der Waals surface area contributed by atoms with Crippen molar-refractivity contribution in [3.8, 4) is 0 Å². The highest BCUT2D eigenvalue weighted by Gasteiger charge is 2.10. The second-order valence-corrected chi connectivity index (χ2v) is 4.85. The van der Waals surface area contributed by atoms with Crippen molar-refractivity contribution in [1.29, 1.82) is 0 Å². The van der Waals surface area contributed by atoms with Gasteiger partial charge in [0.15, 0.2) is 0 Å². The van der Waals surface area contributed by atoms with Crippen molar-refractivity contribution >= 4 is 0 Å². The Morgan fingerprint density at radius 1 is 1.06 bits per heavy atom. The van der Waals surface area contributed by atoms with Gasteiger partial charge in [0, 0.05) is 0 Å². The monoisotopic (exact) mass is 214 g/mol. The molecular weight excluding hydrogens is 192 g/mol. The fourth-order valence-electron chi connectivity index (χ4n) is 2.51. The number of rotatable bonds is 5. The zero-order chi connectivity index (χ0) is 11.1. The van der Waals surface area contributed by atoms with Gasteiger partial charge in [-0.1, -0.05) is 55.3 Å². The van der Waals surface area contributed by atoms with Gasteiger partial charge < -0.3 is 0 Å². The van der Waals surface area contributed by atoms with E-state index in [0.717, 1.165) is 5.92 Å². The van der Waals surface area contributed by atoms with Gasteiger partial charge in [-0.3, -0.25) is 0 Å². The van der Waals surface area contributed by atoms with E-state index in [0.29, 0.717) is 0 Å². The third kappa shape index (κ3) is 3.84. The predicted octanol–water partition coefficient (Wildman–Crippen LogP) is 4.76. The summed E-state index contributed by atoms with van der Waals surface area (Å²) in [6, 6.07) is 10.8. The van der Waals surface area contributed by atoms with Crippen LogP contribution in [0.2, 0.25) is 0 Å². The summed E-state index contributed by atoms with van der Waals surface area (Å²) >= 11 is 0. The molecule has 1 aromatic carbocycles. The highest BCUT2D eigenvalue weighted by atomic mass is 14.2. The highest BCUT2D eigenvalue weighted by Crippen LogP contribution is 2.25. The summed E-state index contributed by atoms with van der Waals surface area (Å²) in [6.45, 7) is 0. The maximum Gasteiger partial charge on any atom is -0.0234 e. The quantitative estimate of drug-likeness (QED) is 0.490. The predicted molar refractivity (Wildman–Crippen MR) is 70.5 cm³/mol. The van der Waals surface area contributed by atoms with E-state index in [-0.39, 0.29) is 0 Å². The molecule has 1 fully saturated rings. The van der Waals surface area contributed by atoms with Crippen molar-refractivity contribution < 1.29 is 0 Å². The van der Waals surface area contributed by atoms with Gasteiger partial charge >= 0.3 is 0 Å². The maximum atomic E-state index is 2.46. The molecule has 1 aliphatic carbocycles. The van der Waals surface area contributed by atoms with Gasteiger partial charge in [0.25, 0.3) is 0 Å². The molecule has 0 bridgehead atoms. The molecule has 0 saturated heterocycles. The highest BCUT2D eigenvalue weighted by molar-refractivity contribution is 5.14. The first kappa shape index (κ1) is 11.4. The minimum Gasteiger partial charge on any atom is -0.0882 e. The summed E-state index contributed by atoms with van der Waals surface area (Å²) in [4.78, 5) is 0. The molecule has 0 heteroatoms. The first-order valence-corrected chi connectivity index (χ1v) is 6.66. The van der Waals surface area contributed by atoms with E-state index >= 15 is 0 Å². The van der Waals surface area contributed by atoms with Crippen LogP contribution in [-0.2, 0) is 6.42 Å². The van der Waals surface area contributed by atoms with Crippen molar-refractivity contribution in [3.05, 3.63) is 48.0 Å². The number of hydrogen-bond donors (Lipinski definition) is 0. The Kier molecular flexibility index (Phi) is 4.67. The Balaban J connectivity index is 1.61. The van der Waals surface area contributed by atoms with Gasteiger partial charge in [0.05, 0.1) is 0 Å². The van der Waals surface area contributed by atoms with E-state index in [9.17, 15) is 0 Å². The molecule has 0 aromatic heterocycles. The molecule has 0 atom stereocenters. The first-order chi connectivity index (χ1) is 7.95. The van der Waals surface area contributed by atoms with Crippen molar-refractivity contribution in [2.45, 2.75) is 44.9 Å². The molecule has 0 heterocycles. The average molecular weight is 214 g/mol. The van der Waals surface area contributed by atoms with Crippen molar-refractivity contribution in [2.24, 2.45) is 5.92 Å². The summed E-state index contributed by atoms with van der Waals surface area (Å²) in [5, 5.41) is 0. The largest absolute Gasteiger partial charge is 0.0882 e. The van der Waals surface area contributed by atoms with Crippen LogP contribution < -0.4 is 0 Å². The molecule has 0 amide bonds. The Labute approximate surface area is 99.4 Å². The Hall–Kier alpha value is -1.04. The second-order valence-electron chi connectivity index (χ2n) is 4.85. The van der Waals surface area contributed by atoms with Gasteiger partial charge in [0.1, 0.15) is 0 Å². The van der Waals surface area contributed by atoms with Crippen LogP contribution in [0.15, 0.2) is 42.5 Å². The van der Waals surface area contributed by atoms with Gasteiger partial charge in [-0.15, -0.1) is 0 Å². The van der Waals surface area contributed by atoms with Crippen molar-refractivity contribution in [1.82, 2.24) is 0 Å². The molecule has 16 heavy (non-hydrogen) atoms. The van der Waals surface area contributed by atoms with E-state index in [4.69, 9.17) is 0 Å². The third-order valence-corrected chi connectivity index (χ3v) is 3.49. The van der Waals surface area contributed by atoms with Crippen molar-refractivity contribution in [3.63, 3.8) is 0 Å². The third-order valence-electron chi connectivity index (χ3n) is 3.49. The van der Waals surface area contributed by atoms with Crippen LogP contribution >= 0.6 is 0 Å². The van der Waals surface area contributed by atoms with Crippen LogP contribution in [0.3, 0.4) is 0 Å². The van der Waals surface area contributed by atoms with E-state index < -0.39 is 0 Å². The Bertz CT molecular complexity index is 304. The first-order valence-electron chi connectivity index (χ1n) is 6.66. The molecule has 0 nitrogen and oxygen atoms in total. The standard InChI is InChI=1S/C16H22/c1-3-9-15(10-4-1)11-5-2-6-12-16-13-7-8-14-16/h1,3-4,6,9-10,12,16H,2,5,7-8,11,13-14H2/b12-6+. The zero-order valence-corrected chi connectivity index (χ0v) is 10.1. The minimum atomic E-state index is 0.900. The van der Waals surface area contributed by atoms with E-state index in [1.165, 1.54) is 50.5 Å². The maximum absolute atomic E-state index is 2.46. The number of allylic oxidation sites excluding steroid dienone is 2. The Morgan fingerprint density at radius 2 is 1.81 bits per heavy atom. The van der Waals surface area contributed by atoms with E-state index in [1.807, 2.05) is 0 Å². The van der Waals surface area contributed by atoms with Crippen LogP contribution in [-0.4, -0.2) is 0 Å². The summed E-state index contributed by atoms with van der Waals surface area (Å²) in [5.74, 6) is 0.900. The lowest BCUT2D eigenvalue weighted by Crippen LogP contribution is -1.86. The molecule has 1 saturated carbocycles. The molecule has 0 spiro atoms. The molecule has 1 aromatic rings. The lowest BCUT2D eigenvalue weighted by atomic mass is 10.1. The molecular formula is C16H22. The fourth-order valence-corrected chi connectivity index (χ4v) is 2.51. The average Bonchev–Trinajstić information content (AvgIpc) is 2.83. The summed E-state index contributed by atoms with van der Waals surface area (Å²) in [7, 11) is 0. The van der Waals surface area contributed by atoms with Crippen LogP contribution in [0.25, 0.3) is 0 Å². The van der Waals surface area contributed by atoms with Gasteiger partial charge in [-0.25, -0.2) is 0 Å². The van der Waals surface area contributed by atoms with Crippen molar-refractivity contribution in [2.75, 3.05) is 0 Å². The molecule has 1 aliphatic rings. The number of unbranched alkanes of at least 4 members (excludes halogenated alkanes) is 1. The lowest BCUT2D eigenvalue weighted by molar-refractivity contribution is 0.680. The number of aryl methyl sites for hydroxylation is 1. The number of hydrogen-bond acceptors (Lipinski definition) is 0. The van der Waals surface area contributed by atoms with Gasteiger partial charge in [0.2, 0.25) is 0 Å².